The molecule has 1 aliphatic rings. The number of furan rings is 2. The maximum absolute atomic E-state index is 7.01. The van der Waals surface area contributed by atoms with E-state index in [9.17, 15) is 0 Å². The van der Waals surface area contributed by atoms with Crippen molar-refractivity contribution in [3.63, 3.8) is 0 Å². The van der Waals surface area contributed by atoms with Gasteiger partial charge < -0.3 is 29.1 Å². The first-order chi connectivity index (χ1) is 32.3. The number of nitrogens with zero attached hydrogens (tertiary/aromatic N) is 2. The highest BCUT2D eigenvalue weighted by atomic mass is 16.3. The van der Waals surface area contributed by atoms with E-state index in [4.69, 9.17) is 13.9 Å². The Hall–Kier alpha value is -7.80. The quantitative estimate of drug-likeness (QED) is 0.168. The fourth-order valence-corrected chi connectivity index (χ4v) is 10.7. The van der Waals surface area contributed by atoms with Crippen LogP contribution in [0.15, 0.2) is 173 Å². The summed E-state index contributed by atoms with van der Waals surface area (Å²) in [6, 6.07) is 60.3. The van der Waals surface area contributed by atoms with Crippen molar-refractivity contribution >= 4 is 116 Å². The van der Waals surface area contributed by atoms with Gasteiger partial charge in [0.15, 0.2) is 11.2 Å². The number of benzene rings is 10. The lowest BCUT2D eigenvalue weighted by Gasteiger charge is -2.30. The van der Waals surface area contributed by atoms with Crippen LogP contribution in [0.5, 0.6) is 0 Å². The summed E-state index contributed by atoms with van der Waals surface area (Å²) in [5.74, 6) is 0.327. The van der Waals surface area contributed by atoms with Gasteiger partial charge in [-0.2, -0.15) is 0 Å². The molecule has 1 atom stereocenters. The van der Waals surface area contributed by atoms with Crippen molar-refractivity contribution in [2.45, 2.75) is 46.6 Å². The SMILES string of the molecule is CO.Cc1ccc(N(c2ccc3ccc4c(N5c6ccc(C)c(c6)NC(C)c6cccc7c6oc6c5cccc67)ccc5ccc2c3c54)c2cccc3c2oc2c(C(C)C)cccc23)cc1. The second kappa shape index (κ2) is 15.2. The fourth-order valence-electron chi connectivity index (χ4n) is 10.7. The first-order valence-electron chi connectivity index (χ1n) is 22.9. The highest BCUT2D eigenvalue weighted by Gasteiger charge is 2.27. The zero-order valence-corrected chi connectivity index (χ0v) is 37.9. The number of hydrogen-bond acceptors (Lipinski definition) is 6. The second-order valence-corrected chi connectivity index (χ2v) is 18.1. The first kappa shape index (κ1) is 39.8. The monoisotopic (exact) mass is 859 g/mol. The van der Waals surface area contributed by atoms with Crippen LogP contribution in [0.2, 0.25) is 0 Å². The summed E-state index contributed by atoms with van der Waals surface area (Å²) in [6.07, 6.45) is 0. The summed E-state index contributed by atoms with van der Waals surface area (Å²) < 4.78 is 14.0. The van der Waals surface area contributed by atoms with Gasteiger partial charge in [0.05, 0.1) is 28.8 Å². The third kappa shape index (κ3) is 5.84. The zero-order valence-electron chi connectivity index (χ0n) is 37.9. The van der Waals surface area contributed by atoms with Gasteiger partial charge in [-0.3, -0.25) is 0 Å². The molecule has 13 rings (SSSR count). The summed E-state index contributed by atoms with van der Waals surface area (Å²) >= 11 is 0. The topological polar surface area (TPSA) is 65.0 Å². The van der Waals surface area contributed by atoms with Gasteiger partial charge in [-0.15, -0.1) is 0 Å². The maximum atomic E-state index is 7.01. The lowest BCUT2D eigenvalue weighted by Crippen LogP contribution is -2.13. The van der Waals surface area contributed by atoms with Crippen molar-refractivity contribution in [1.29, 1.82) is 0 Å². The second-order valence-electron chi connectivity index (χ2n) is 18.1. The average molecular weight is 860 g/mol. The number of aliphatic hydroxyl groups excluding tert-OH is 1. The lowest BCUT2D eigenvalue weighted by atomic mass is 9.91. The van der Waals surface area contributed by atoms with Crippen LogP contribution in [-0.2, 0) is 0 Å². The van der Waals surface area contributed by atoms with Gasteiger partial charge in [-0.1, -0.05) is 135 Å². The molecule has 0 spiro atoms. The first-order valence-corrected chi connectivity index (χ1v) is 22.9. The molecule has 0 radical (unpaired) electrons. The Morgan fingerprint density at radius 1 is 0.545 bits per heavy atom. The number of aliphatic hydroxyl groups is 1. The van der Waals surface area contributed by atoms with Crippen LogP contribution in [0.1, 0.15) is 55.0 Å². The summed E-state index contributed by atoms with van der Waals surface area (Å²) in [5.41, 5.74) is 15.8. The molecule has 2 N–H and O–H groups in total. The minimum atomic E-state index is 0.0350. The standard InChI is InChI=1S/C59H45N3O2.CH4O/c1-33(2)41-10-6-12-43-45-14-8-16-52(58(45)63-56(41)43)61(39-25-18-34(3)19-26-39)50-30-23-37-22-29-48-51(31-24-38-21-28-47(50)54(37)55(38)48)62-40-27-20-35(4)49(32-40)60-36(5)42-11-7-13-44-46-15-9-17-53(62)59(46)64-57(42)44;1-2/h6-33,36,60H,1-5H3;2H,1H3. The van der Waals surface area contributed by atoms with Crippen molar-refractivity contribution in [2.24, 2.45) is 0 Å². The predicted octanol–water partition coefficient (Wildman–Crippen LogP) is 17.2. The van der Waals surface area contributed by atoms with E-state index in [0.717, 1.165) is 96.4 Å². The van der Waals surface area contributed by atoms with Crippen LogP contribution in [-0.4, -0.2) is 12.2 Å². The van der Waals surface area contributed by atoms with Crippen LogP contribution in [0.25, 0.3) is 76.2 Å². The van der Waals surface area contributed by atoms with E-state index < -0.39 is 0 Å². The molecule has 2 aromatic heterocycles. The Kier molecular flexibility index (Phi) is 9.13. The molecule has 1 unspecified atom stereocenters. The largest absolute Gasteiger partial charge is 0.454 e. The van der Waals surface area contributed by atoms with E-state index in [1.165, 1.54) is 49.0 Å². The van der Waals surface area contributed by atoms with Crippen molar-refractivity contribution in [3.8, 4) is 0 Å². The smallest absolute Gasteiger partial charge is 0.159 e. The number of para-hydroxylation sites is 4. The molecule has 12 aromatic rings. The molecule has 1 aliphatic heterocycles. The van der Waals surface area contributed by atoms with Crippen LogP contribution in [0.4, 0.5) is 39.8 Å². The fraction of sp³-hybridized carbons (Fsp3) is 0.133. The molecule has 0 saturated heterocycles. The molecule has 6 nitrogen and oxygen atoms in total. The van der Waals surface area contributed by atoms with E-state index in [0.29, 0.717) is 5.92 Å². The number of anilines is 7. The molecular formula is C60H49N3O3. The Morgan fingerprint density at radius 2 is 1.17 bits per heavy atom. The molecular weight excluding hydrogens is 811 g/mol. The normalized spacial score (nSPS) is 13.8. The third-order valence-electron chi connectivity index (χ3n) is 13.9. The predicted molar refractivity (Wildman–Crippen MR) is 278 cm³/mol. The van der Waals surface area contributed by atoms with Crippen LogP contribution in [0.3, 0.4) is 0 Å². The summed E-state index contributed by atoms with van der Waals surface area (Å²) in [5, 5.41) is 22.6. The van der Waals surface area contributed by atoms with Gasteiger partial charge in [-0.05, 0) is 108 Å². The number of rotatable bonds is 5. The summed E-state index contributed by atoms with van der Waals surface area (Å²) in [4.78, 5) is 4.81. The molecule has 0 amide bonds. The van der Waals surface area contributed by atoms with E-state index >= 15 is 0 Å². The molecule has 3 heterocycles. The molecule has 0 saturated carbocycles. The number of aryl methyl sites for hydroxylation is 2. The Labute approximate surface area is 383 Å². The van der Waals surface area contributed by atoms with Gasteiger partial charge in [0.2, 0.25) is 0 Å². The van der Waals surface area contributed by atoms with E-state index in [2.05, 4.69) is 214 Å². The Morgan fingerprint density at radius 3 is 1.94 bits per heavy atom. The molecule has 0 fully saturated rings. The van der Waals surface area contributed by atoms with E-state index in [1.807, 2.05) is 0 Å². The van der Waals surface area contributed by atoms with Crippen LogP contribution < -0.4 is 15.1 Å². The average Bonchev–Trinajstić information content (AvgIpc) is 3.93. The highest BCUT2D eigenvalue weighted by molar-refractivity contribution is 6.29. The third-order valence-corrected chi connectivity index (χ3v) is 13.9. The van der Waals surface area contributed by atoms with Gasteiger partial charge >= 0.3 is 0 Å². The molecule has 4 bridgehead atoms. The summed E-state index contributed by atoms with van der Waals surface area (Å²) in [6.45, 7) is 11.0. The minimum Gasteiger partial charge on any atom is -0.454 e. The van der Waals surface area contributed by atoms with Crippen LogP contribution in [0, 0.1) is 13.8 Å². The van der Waals surface area contributed by atoms with Gasteiger partial charge in [-0.25, -0.2) is 0 Å². The summed E-state index contributed by atoms with van der Waals surface area (Å²) in [7, 11) is 1.00. The molecule has 10 aromatic carbocycles. The van der Waals surface area contributed by atoms with Crippen molar-refractivity contribution in [1.82, 2.24) is 0 Å². The van der Waals surface area contributed by atoms with Gasteiger partial charge in [0, 0.05) is 62.1 Å². The molecule has 0 aliphatic carbocycles. The molecule has 66 heavy (non-hydrogen) atoms. The molecule has 322 valence electrons. The van der Waals surface area contributed by atoms with E-state index in [1.54, 1.807) is 0 Å². The van der Waals surface area contributed by atoms with E-state index in [-0.39, 0.29) is 6.04 Å². The minimum absolute atomic E-state index is 0.0350. The van der Waals surface area contributed by atoms with Crippen molar-refractivity contribution < 1.29 is 13.9 Å². The number of fused-ring (bicyclic) bond motifs is 6. The number of nitrogens with one attached hydrogen (secondary N) is 1. The maximum Gasteiger partial charge on any atom is 0.159 e. The molecule has 6 heteroatoms. The lowest BCUT2D eigenvalue weighted by molar-refractivity contribution is 0.399. The Bertz CT molecular complexity index is 3860. The van der Waals surface area contributed by atoms with Crippen LogP contribution >= 0.6 is 0 Å². The van der Waals surface area contributed by atoms with Gasteiger partial charge in [0.25, 0.3) is 0 Å². The van der Waals surface area contributed by atoms with Crippen molar-refractivity contribution in [3.05, 3.63) is 186 Å². The zero-order chi connectivity index (χ0) is 45.0. The van der Waals surface area contributed by atoms with Gasteiger partial charge in [0.1, 0.15) is 11.2 Å². The number of hydrogen-bond donors (Lipinski definition) is 2. The highest BCUT2D eigenvalue weighted by Crippen LogP contribution is 2.51. The Balaban J connectivity index is 0.00000225. The van der Waals surface area contributed by atoms with Crippen molar-refractivity contribution in [2.75, 3.05) is 22.2 Å².